The zero-order chi connectivity index (χ0) is 13.7. The van der Waals surface area contributed by atoms with Gasteiger partial charge in [0, 0.05) is 25.3 Å². The number of allylic oxidation sites excluding steroid dienone is 8. The Bertz CT molecular complexity index is 489. The molecular weight excluding hydrogens is 234 g/mol. The van der Waals surface area contributed by atoms with Crippen LogP contribution in [0.3, 0.4) is 0 Å². The van der Waals surface area contributed by atoms with Gasteiger partial charge in [-0.1, -0.05) is 11.6 Å². The Morgan fingerprint density at radius 1 is 1.05 bits per heavy atom. The second-order valence-electron chi connectivity index (χ2n) is 5.23. The minimum Gasteiger partial charge on any atom is -0.466 e. The summed E-state index contributed by atoms with van der Waals surface area (Å²) in [6.45, 7) is 7.42. The lowest BCUT2D eigenvalue weighted by atomic mass is 10.00. The smallest absolute Gasteiger partial charge is 0.174 e. The quantitative estimate of drug-likeness (QED) is 0.770. The molecule has 0 saturated carbocycles. The zero-order valence-electron chi connectivity index (χ0n) is 12.3. The summed E-state index contributed by atoms with van der Waals surface area (Å²) in [5.41, 5.74) is 4.11. The molecule has 0 atom stereocenters. The normalized spacial score (nSPS) is 20.3. The minimum absolute atomic E-state index is 0.981. The monoisotopic (exact) mass is 258 g/mol. The lowest BCUT2D eigenvalue weighted by Gasteiger charge is -2.18. The van der Waals surface area contributed by atoms with Crippen LogP contribution in [0.2, 0.25) is 0 Å². The van der Waals surface area contributed by atoms with Gasteiger partial charge in [0.1, 0.15) is 18.1 Å². The third kappa shape index (κ3) is 3.95. The van der Waals surface area contributed by atoms with Gasteiger partial charge in [-0.15, -0.1) is 0 Å². The maximum absolute atomic E-state index is 5.97. The molecule has 0 unspecified atom stereocenters. The fraction of sp³-hybridized carbons (Fsp3) is 0.471. The Labute approximate surface area is 116 Å². The maximum atomic E-state index is 5.97. The molecule has 0 radical (unpaired) electrons. The Balaban J connectivity index is 1.99. The van der Waals surface area contributed by atoms with E-state index < -0.39 is 0 Å². The zero-order valence-corrected chi connectivity index (χ0v) is 12.3. The van der Waals surface area contributed by atoms with Crippen LogP contribution in [0.25, 0.3) is 0 Å². The average molecular weight is 258 g/mol. The predicted octanol–water partition coefficient (Wildman–Crippen LogP) is 2.79. The fourth-order valence-corrected chi connectivity index (χ4v) is 2.37. The Hall–Kier alpha value is -1.57. The summed E-state index contributed by atoms with van der Waals surface area (Å²) < 4.78 is 5.97. The number of hydrogen-bond acceptors (Lipinski definition) is 1. The Morgan fingerprint density at radius 3 is 2.26 bits per heavy atom. The molecule has 0 saturated heterocycles. The molecule has 0 aromatic heterocycles. The van der Waals surface area contributed by atoms with Gasteiger partial charge in [-0.25, -0.2) is 4.99 Å². The highest BCUT2D eigenvalue weighted by atomic mass is 16.5. The molecule has 19 heavy (non-hydrogen) atoms. The van der Waals surface area contributed by atoms with Crippen molar-refractivity contribution in [1.29, 1.82) is 0 Å². The first-order valence-electron chi connectivity index (χ1n) is 7.20. The molecule has 0 fully saturated rings. The van der Waals surface area contributed by atoms with Crippen molar-refractivity contribution in [1.82, 2.24) is 0 Å². The van der Waals surface area contributed by atoms with E-state index in [0.717, 1.165) is 43.7 Å². The van der Waals surface area contributed by atoms with E-state index in [1.807, 2.05) is 0 Å². The van der Waals surface area contributed by atoms with Crippen LogP contribution in [0.5, 0.6) is 0 Å². The molecule has 0 aromatic rings. The van der Waals surface area contributed by atoms with Crippen LogP contribution in [0.1, 0.15) is 46.5 Å². The molecule has 2 nitrogen and oxygen atoms in total. The first kappa shape index (κ1) is 13.9. The van der Waals surface area contributed by atoms with E-state index in [-0.39, 0.29) is 0 Å². The second-order valence-corrected chi connectivity index (χ2v) is 5.23. The molecule has 0 bridgehead atoms. The second kappa shape index (κ2) is 6.55. The van der Waals surface area contributed by atoms with Gasteiger partial charge in [-0.2, -0.15) is 0 Å². The van der Waals surface area contributed by atoms with Crippen LogP contribution < -0.4 is 4.99 Å². The van der Waals surface area contributed by atoms with Crippen molar-refractivity contribution in [2.45, 2.75) is 46.5 Å². The van der Waals surface area contributed by atoms with E-state index >= 15 is 0 Å². The van der Waals surface area contributed by atoms with Gasteiger partial charge in [-0.3, -0.25) is 0 Å². The summed E-state index contributed by atoms with van der Waals surface area (Å²) in [6, 6.07) is 0. The van der Waals surface area contributed by atoms with E-state index in [9.17, 15) is 0 Å². The molecule has 2 aliphatic rings. The van der Waals surface area contributed by atoms with E-state index in [1.165, 1.54) is 16.9 Å². The van der Waals surface area contributed by atoms with Gasteiger partial charge in [0.25, 0.3) is 0 Å². The van der Waals surface area contributed by atoms with Gasteiger partial charge in [0.15, 0.2) is 5.71 Å². The summed E-state index contributed by atoms with van der Waals surface area (Å²) in [7, 11) is 0. The molecule has 2 heteroatoms. The summed E-state index contributed by atoms with van der Waals surface area (Å²) in [4.78, 5) is 3.38. The van der Waals surface area contributed by atoms with Gasteiger partial charge >= 0.3 is 0 Å². The van der Waals surface area contributed by atoms with Crippen molar-refractivity contribution in [3.63, 3.8) is 0 Å². The molecule has 1 N–H and O–H groups in total. The first-order chi connectivity index (χ1) is 9.19. The van der Waals surface area contributed by atoms with Crippen LogP contribution in [-0.2, 0) is 4.74 Å². The number of hydrogen-bond donors (Lipinski definition) is 1. The van der Waals surface area contributed by atoms with Crippen LogP contribution in [0, 0.1) is 0 Å². The third-order valence-corrected chi connectivity index (χ3v) is 3.62. The molecule has 102 valence electrons. The van der Waals surface area contributed by atoms with Crippen LogP contribution in [-0.4, -0.2) is 12.3 Å². The molecule has 2 rings (SSSR count). The SMILES string of the molecule is CC[NH+]=C(C)C1=CC=C(OC2=CC=C(C)CC2)CC1. The van der Waals surface area contributed by atoms with E-state index in [1.54, 1.807) is 0 Å². The highest BCUT2D eigenvalue weighted by Gasteiger charge is 2.14. The van der Waals surface area contributed by atoms with Gasteiger partial charge in [0.05, 0.1) is 0 Å². The van der Waals surface area contributed by atoms with Crippen molar-refractivity contribution < 1.29 is 9.73 Å². The molecule has 0 amide bonds. The largest absolute Gasteiger partial charge is 0.466 e. The lowest BCUT2D eigenvalue weighted by molar-refractivity contribution is -0.452. The standard InChI is InChI=1S/C17H23NO/c1-4-18-14(3)15-7-11-17(12-8-15)19-16-9-5-13(2)6-10-16/h5,7,9,11H,4,6,8,10,12H2,1-3H3/p+1. The van der Waals surface area contributed by atoms with Crippen LogP contribution >= 0.6 is 0 Å². The molecule has 0 spiro atoms. The topological polar surface area (TPSA) is 23.2 Å². The van der Waals surface area contributed by atoms with Gasteiger partial charge < -0.3 is 4.74 Å². The molecule has 0 aromatic carbocycles. The molecular formula is C17H24NO+. The van der Waals surface area contributed by atoms with Crippen LogP contribution in [0.15, 0.2) is 47.0 Å². The first-order valence-corrected chi connectivity index (χ1v) is 7.20. The van der Waals surface area contributed by atoms with E-state index in [0.29, 0.717) is 0 Å². The maximum Gasteiger partial charge on any atom is 0.174 e. The number of rotatable bonds is 4. The number of nitrogens with one attached hydrogen (secondary N) is 1. The predicted molar refractivity (Wildman–Crippen MR) is 79.7 cm³/mol. The molecule has 2 aliphatic carbocycles. The Kier molecular flexibility index (Phi) is 4.78. The Morgan fingerprint density at radius 2 is 1.74 bits per heavy atom. The highest BCUT2D eigenvalue weighted by Crippen LogP contribution is 2.25. The van der Waals surface area contributed by atoms with Crippen molar-refractivity contribution in [3.8, 4) is 0 Å². The van der Waals surface area contributed by atoms with Crippen molar-refractivity contribution in [3.05, 3.63) is 47.0 Å². The van der Waals surface area contributed by atoms with Crippen molar-refractivity contribution in [2.75, 3.05) is 6.54 Å². The van der Waals surface area contributed by atoms with Crippen LogP contribution in [0.4, 0.5) is 0 Å². The lowest BCUT2D eigenvalue weighted by Crippen LogP contribution is -2.72. The van der Waals surface area contributed by atoms with Gasteiger partial charge in [-0.05, 0) is 44.9 Å². The average Bonchev–Trinajstić information content (AvgIpc) is 2.42. The van der Waals surface area contributed by atoms with Crippen molar-refractivity contribution in [2.24, 2.45) is 0 Å². The summed E-state index contributed by atoms with van der Waals surface area (Å²) in [5, 5.41) is 0. The highest BCUT2D eigenvalue weighted by molar-refractivity contribution is 5.94. The third-order valence-electron chi connectivity index (χ3n) is 3.62. The minimum atomic E-state index is 0.981. The van der Waals surface area contributed by atoms with E-state index in [4.69, 9.17) is 4.74 Å². The van der Waals surface area contributed by atoms with Gasteiger partial charge in [0.2, 0.25) is 0 Å². The van der Waals surface area contributed by atoms with E-state index in [2.05, 4.69) is 50.1 Å². The summed E-state index contributed by atoms with van der Waals surface area (Å²) in [6.07, 6.45) is 12.8. The summed E-state index contributed by atoms with van der Waals surface area (Å²) >= 11 is 0. The number of ether oxygens (including phenoxy) is 1. The fourth-order valence-electron chi connectivity index (χ4n) is 2.37. The van der Waals surface area contributed by atoms with Crippen molar-refractivity contribution >= 4 is 5.71 Å². The molecule has 0 aliphatic heterocycles. The molecule has 0 heterocycles. The summed E-state index contributed by atoms with van der Waals surface area (Å²) in [5.74, 6) is 2.19.